The number of hydrogen-bond acceptors (Lipinski definition) is 3. The smallest absolute Gasteiger partial charge is 0.257 e. The predicted molar refractivity (Wildman–Crippen MR) is 87.4 cm³/mol. The quantitative estimate of drug-likeness (QED) is 0.786. The fraction of sp³-hybridized carbons (Fsp3) is 0.667. The van der Waals surface area contributed by atoms with Crippen LogP contribution in [0.2, 0.25) is 0 Å². The standard InChI is InChI=1S/C18H26N2O3/c1-12-7-17(2)9-18(3,8-12)20(10-17)16(23)13-5-4-6-14(15(13)22)19-11-21/h5,11-12,22H,4,6-10H2,1-3H3,(H,19,21). The number of carbonyl (C=O) groups excluding carboxylic acids is 2. The van der Waals surface area contributed by atoms with Crippen molar-refractivity contribution in [1.29, 1.82) is 0 Å². The molecule has 0 radical (unpaired) electrons. The molecule has 0 aromatic heterocycles. The van der Waals surface area contributed by atoms with Crippen LogP contribution in [-0.2, 0) is 9.59 Å². The molecule has 1 aliphatic heterocycles. The lowest BCUT2D eigenvalue weighted by Gasteiger charge is -2.40. The number of nitrogens with one attached hydrogen (secondary N) is 1. The first-order valence-electron chi connectivity index (χ1n) is 8.43. The molecule has 2 aliphatic carbocycles. The number of allylic oxidation sites excluding steroid dienone is 2. The lowest BCUT2D eigenvalue weighted by molar-refractivity contribution is -0.131. The summed E-state index contributed by atoms with van der Waals surface area (Å²) in [6.07, 6.45) is 6.72. The van der Waals surface area contributed by atoms with Crippen molar-refractivity contribution in [2.24, 2.45) is 11.3 Å². The van der Waals surface area contributed by atoms with E-state index in [2.05, 4.69) is 26.1 Å². The van der Waals surface area contributed by atoms with Gasteiger partial charge in [-0.25, -0.2) is 0 Å². The molecule has 2 fully saturated rings. The van der Waals surface area contributed by atoms with E-state index >= 15 is 0 Å². The zero-order valence-electron chi connectivity index (χ0n) is 14.2. The third kappa shape index (κ3) is 2.66. The maximum atomic E-state index is 13.1. The SMILES string of the molecule is CC1CC2(C)CN(C(=O)C3=CCCC(NC=O)=C3O)C(C)(C1)C2. The molecule has 126 valence electrons. The van der Waals surface area contributed by atoms with E-state index in [9.17, 15) is 14.7 Å². The van der Waals surface area contributed by atoms with E-state index in [4.69, 9.17) is 0 Å². The zero-order chi connectivity index (χ0) is 16.8. The van der Waals surface area contributed by atoms with Crippen molar-refractivity contribution >= 4 is 12.3 Å². The number of carbonyl (C=O) groups is 2. The third-order valence-electron chi connectivity index (χ3n) is 5.62. The van der Waals surface area contributed by atoms with E-state index in [1.807, 2.05) is 4.90 Å². The lowest BCUT2D eigenvalue weighted by Crippen LogP contribution is -2.47. The molecule has 3 unspecified atom stereocenters. The van der Waals surface area contributed by atoms with Crippen LogP contribution < -0.4 is 5.32 Å². The number of aliphatic hydroxyl groups excluding tert-OH is 1. The highest BCUT2D eigenvalue weighted by molar-refractivity contribution is 5.98. The Bertz CT molecular complexity index is 609. The third-order valence-corrected chi connectivity index (χ3v) is 5.62. The maximum Gasteiger partial charge on any atom is 0.257 e. The van der Waals surface area contributed by atoms with Crippen molar-refractivity contribution in [2.45, 2.75) is 58.4 Å². The highest BCUT2D eigenvalue weighted by atomic mass is 16.3. The number of fused-ring (bicyclic) bond motifs is 2. The van der Waals surface area contributed by atoms with Gasteiger partial charge in [-0.15, -0.1) is 0 Å². The molecule has 23 heavy (non-hydrogen) atoms. The summed E-state index contributed by atoms with van der Waals surface area (Å²) >= 11 is 0. The molecule has 1 saturated heterocycles. The fourth-order valence-corrected chi connectivity index (χ4v) is 5.23. The molecule has 3 aliphatic rings. The predicted octanol–water partition coefficient (Wildman–Crippen LogP) is 2.65. The van der Waals surface area contributed by atoms with Gasteiger partial charge in [-0.05, 0) is 50.4 Å². The molecule has 2 amide bonds. The van der Waals surface area contributed by atoms with Gasteiger partial charge >= 0.3 is 0 Å². The number of nitrogens with zero attached hydrogens (tertiary/aromatic N) is 1. The van der Waals surface area contributed by atoms with Gasteiger partial charge in [0.2, 0.25) is 6.41 Å². The van der Waals surface area contributed by atoms with E-state index in [0.717, 1.165) is 25.8 Å². The topological polar surface area (TPSA) is 69.6 Å². The number of rotatable bonds is 3. The summed E-state index contributed by atoms with van der Waals surface area (Å²) in [6, 6.07) is 0. The summed E-state index contributed by atoms with van der Waals surface area (Å²) in [7, 11) is 0. The lowest BCUT2D eigenvalue weighted by atomic mass is 9.68. The van der Waals surface area contributed by atoms with Crippen LogP contribution in [0.5, 0.6) is 0 Å². The summed E-state index contributed by atoms with van der Waals surface area (Å²) in [5.41, 5.74) is 0.810. The minimum absolute atomic E-state index is 0.0726. The summed E-state index contributed by atoms with van der Waals surface area (Å²) in [5.74, 6) is 0.428. The molecule has 5 nitrogen and oxygen atoms in total. The molecular weight excluding hydrogens is 292 g/mol. The Hall–Kier alpha value is -1.78. The van der Waals surface area contributed by atoms with Crippen molar-refractivity contribution in [2.75, 3.05) is 6.54 Å². The number of aliphatic hydroxyl groups is 1. The Morgan fingerprint density at radius 1 is 1.43 bits per heavy atom. The molecule has 2 N–H and O–H groups in total. The molecule has 0 aromatic carbocycles. The number of hydrogen-bond donors (Lipinski definition) is 2. The first-order chi connectivity index (χ1) is 10.8. The van der Waals surface area contributed by atoms with Crippen LogP contribution in [0, 0.1) is 11.3 Å². The first kappa shape index (κ1) is 16.1. The first-order valence-corrected chi connectivity index (χ1v) is 8.43. The number of likely N-dealkylation sites (tertiary alicyclic amines) is 1. The zero-order valence-corrected chi connectivity index (χ0v) is 14.2. The van der Waals surface area contributed by atoms with Crippen LogP contribution >= 0.6 is 0 Å². The van der Waals surface area contributed by atoms with Crippen molar-refractivity contribution < 1.29 is 14.7 Å². The summed E-state index contributed by atoms with van der Waals surface area (Å²) in [6.45, 7) is 7.43. The van der Waals surface area contributed by atoms with E-state index in [-0.39, 0.29) is 22.6 Å². The van der Waals surface area contributed by atoms with Gasteiger partial charge in [0.05, 0.1) is 11.3 Å². The highest BCUT2D eigenvalue weighted by Gasteiger charge is 2.54. The van der Waals surface area contributed by atoms with Crippen LogP contribution in [0.3, 0.4) is 0 Å². The summed E-state index contributed by atoms with van der Waals surface area (Å²) in [5, 5.41) is 12.9. The average molecular weight is 318 g/mol. The van der Waals surface area contributed by atoms with E-state index in [1.54, 1.807) is 6.08 Å². The minimum Gasteiger partial charge on any atom is -0.505 e. The molecule has 0 aromatic rings. The molecular formula is C18H26N2O3. The van der Waals surface area contributed by atoms with Crippen molar-refractivity contribution in [1.82, 2.24) is 10.2 Å². The fourth-order valence-electron chi connectivity index (χ4n) is 5.23. The van der Waals surface area contributed by atoms with Gasteiger partial charge in [0.1, 0.15) is 5.76 Å². The number of amides is 2. The van der Waals surface area contributed by atoms with Crippen LogP contribution in [0.1, 0.15) is 52.9 Å². The Balaban J connectivity index is 1.89. The largest absolute Gasteiger partial charge is 0.505 e. The molecule has 1 heterocycles. The Morgan fingerprint density at radius 2 is 2.17 bits per heavy atom. The highest BCUT2D eigenvalue weighted by Crippen LogP contribution is 2.53. The Kier molecular flexibility index (Phi) is 3.77. The summed E-state index contributed by atoms with van der Waals surface area (Å²) in [4.78, 5) is 25.7. The molecule has 3 rings (SSSR count). The van der Waals surface area contributed by atoms with Gasteiger partial charge < -0.3 is 15.3 Å². The molecule has 2 bridgehead atoms. The van der Waals surface area contributed by atoms with Gasteiger partial charge in [-0.3, -0.25) is 9.59 Å². The van der Waals surface area contributed by atoms with E-state index in [0.29, 0.717) is 36.4 Å². The van der Waals surface area contributed by atoms with Gasteiger partial charge in [0, 0.05) is 12.1 Å². The van der Waals surface area contributed by atoms with E-state index in [1.165, 1.54) is 0 Å². The minimum atomic E-state index is -0.139. The van der Waals surface area contributed by atoms with Crippen molar-refractivity contribution in [3.8, 4) is 0 Å². The summed E-state index contributed by atoms with van der Waals surface area (Å²) < 4.78 is 0. The Morgan fingerprint density at radius 3 is 2.87 bits per heavy atom. The second kappa shape index (κ2) is 5.39. The van der Waals surface area contributed by atoms with Crippen LogP contribution in [-0.4, -0.2) is 34.4 Å². The van der Waals surface area contributed by atoms with Gasteiger partial charge in [0.25, 0.3) is 5.91 Å². The van der Waals surface area contributed by atoms with E-state index < -0.39 is 0 Å². The molecule has 0 spiro atoms. The van der Waals surface area contributed by atoms with Crippen LogP contribution in [0.4, 0.5) is 0 Å². The van der Waals surface area contributed by atoms with Crippen molar-refractivity contribution in [3.05, 3.63) is 23.1 Å². The van der Waals surface area contributed by atoms with Crippen LogP contribution in [0.15, 0.2) is 23.1 Å². The second-order valence-electron chi connectivity index (χ2n) is 8.13. The van der Waals surface area contributed by atoms with Crippen molar-refractivity contribution in [3.63, 3.8) is 0 Å². The average Bonchev–Trinajstić information content (AvgIpc) is 2.65. The normalized spacial score (nSPS) is 36.7. The van der Waals surface area contributed by atoms with Crippen LogP contribution in [0.25, 0.3) is 0 Å². The van der Waals surface area contributed by atoms with Gasteiger partial charge in [-0.2, -0.15) is 0 Å². The Labute approximate surface area is 137 Å². The molecule has 5 heteroatoms. The molecule has 3 atom stereocenters. The monoisotopic (exact) mass is 318 g/mol. The molecule has 1 saturated carbocycles. The second-order valence-corrected chi connectivity index (χ2v) is 8.13. The van der Waals surface area contributed by atoms with Gasteiger partial charge in [0.15, 0.2) is 0 Å². The maximum absolute atomic E-state index is 13.1. The van der Waals surface area contributed by atoms with Gasteiger partial charge in [-0.1, -0.05) is 19.9 Å².